The summed E-state index contributed by atoms with van der Waals surface area (Å²) in [6, 6.07) is 0. The van der Waals surface area contributed by atoms with Gasteiger partial charge in [-0.3, -0.25) is 0 Å². The molecule has 0 fully saturated rings. The number of hydrogen-bond donors (Lipinski definition) is 1. The van der Waals surface area contributed by atoms with E-state index in [9.17, 15) is 4.39 Å². The molecule has 1 unspecified atom stereocenters. The van der Waals surface area contributed by atoms with E-state index in [1.54, 1.807) is 0 Å². The minimum atomic E-state index is -0.970. The zero-order chi connectivity index (χ0) is 4.99. The van der Waals surface area contributed by atoms with Gasteiger partial charge in [-0.15, -0.1) is 12.6 Å². The molecule has 0 spiro atoms. The SMILES string of the molecule is [CH2]CCC(F)S. The predicted molar refractivity (Wildman–Crippen MR) is 28.5 cm³/mol. The van der Waals surface area contributed by atoms with Crippen LogP contribution in [0.3, 0.4) is 0 Å². The average Bonchev–Trinajstić information content (AvgIpc) is 1.35. The van der Waals surface area contributed by atoms with Gasteiger partial charge in [-0.2, -0.15) is 0 Å². The second-order valence-electron chi connectivity index (χ2n) is 1.08. The van der Waals surface area contributed by atoms with Crippen LogP contribution in [0, 0.1) is 6.92 Å². The molecule has 1 radical (unpaired) electrons. The fraction of sp³-hybridized carbons (Fsp3) is 0.750. The highest BCUT2D eigenvalue weighted by Gasteiger charge is 1.91. The van der Waals surface area contributed by atoms with Crippen molar-refractivity contribution in [2.24, 2.45) is 0 Å². The van der Waals surface area contributed by atoms with E-state index in [0.29, 0.717) is 12.8 Å². The van der Waals surface area contributed by atoms with Crippen molar-refractivity contribution in [3.63, 3.8) is 0 Å². The Morgan fingerprint density at radius 1 is 1.83 bits per heavy atom. The third-order valence-electron chi connectivity index (χ3n) is 0.442. The van der Waals surface area contributed by atoms with E-state index in [4.69, 9.17) is 0 Å². The maximum atomic E-state index is 11.5. The first-order valence-corrected chi connectivity index (χ1v) is 2.40. The quantitative estimate of drug-likeness (QED) is 0.511. The fourth-order valence-electron chi connectivity index (χ4n) is 0.168. The molecule has 2 heteroatoms. The zero-order valence-corrected chi connectivity index (χ0v) is 4.42. The molecule has 0 aliphatic rings. The number of alkyl halides is 1. The minimum Gasteiger partial charge on any atom is -0.236 e. The molecular formula is C4H8FS. The highest BCUT2D eigenvalue weighted by atomic mass is 32.1. The van der Waals surface area contributed by atoms with Crippen LogP contribution in [0.5, 0.6) is 0 Å². The van der Waals surface area contributed by atoms with Crippen LogP contribution in [-0.2, 0) is 0 Å². The molecule has 0 aliphatic carbocycles. The minimum absolute atomic E-state index is 0.461. The summed E-state index contributed by atoms with van der Waals surface area (Å²) in [5.41, 5.74) is -0.970. The van der Waals surface area contributed by atoms with Crippen LogP contribution >= 0.6 is 12.6 Å². The maximum Gasteiger partial charge on any atom is 0.143 e. The van der Waals surface area contributed by atoms with Crippen LogP contribution in [0.1, 0.15) is 12.8 Å². The molecule has 0 amide bonds. The van der Waals surface area contributed by atoms with Crippen molar-refractivity contribution < 1.29 is 4.39 Å². The Morgan fingerprint density at radius 2 is 2.33 bits per heavy atom. The smallest absolute Gasteiger partial charge is 0.143 e. The van der Waals surface area contributed by atoms with Gasteiger partial charge >= 0.3 is 0 Å². The highest BCUT2D eigenvalue weighted by molar-refractivity contribution is 7.80. The van der Waals surface area contributed by atoms with Crippen LogP contribution in [0.4, 0.5) is 4.39 Å². The number of thiol groups is 1. The molecule has 1 atom stereocenters. The molecule has 37 valence electrons. The van der Waals surface area contributed by atoms with Gasteiger partial charge in [-0.05, 0) is 12.8 Å². The van der Waals surface area contributed by atoms with Crippen molar-refractivity contribution >= 4 is 12.6 Å². The third kappa shape index (κ3) is 4.28. The first-order valence-electron chi connectivity index (χ1n) is 1.88. The number of halogens is 1. The molecule has 0 aromatic heterocycles. The summed E-state index contributed by atoms with van der Waals surface area (Å²) in [5, 5.41) is 0. The summed E-state index contributed by atoms with van der Waals surface area (Å²) in [6.07, 6.45) is 1.09. The Bertz CT molecular complexity index is 28.7. The third-order valence-corrected chi connectivity index (χ3v) is 0.701. The average molecular weight is 107 g/mol. The summed E-state index contributed by atoms with van der Waals surface area (Å²) in [5.74, 6) is 0. The van der Waals surface area contributed by atoms with Gasteiger partial charge in [-0.25, -0.2) is 4.39 Å². The van der Waals surface area contributed by atoms with Crippen LogP contribution < -0.4 is 0 Å². The molecule has 0 N–H and O–H groups in total. The largest absolute Gasteiger partial charge is 0.236 e. The molecule has 0 saturated carbocycles. The van der Waals surface area contributed by atoms with Gasteiger partial charge in [0.2, 0.25) is 0 Å². The summed E-state index contributed by atoms with van der Waals surface area (Å²) < 4.78 is 11.5. The van der Waals surface area contributed by atoms with Crippen molar-refractivity contribution in [2.45, 2.75) is 18.3 Å². The van der Waals surface area contributed by atoms with E-state index < -0.39 is 5.50 Å². The van der Waals surface area contributed by atoms with E-state index in [1.807, 2.05) is 0 Å². The normalized spacial score (nSPS) is 14.5. The van der Waals surface area contributed by atoms with E-state index in [1.165, 1.54) is 0 Å². The summed E-state index contributed by atoms with van der Waals surface area (Å²) in [6.45, 7) is 3.44. The fourth-order valence-corrected chi connectivity index (χ4v) is 0.351. The van der Waals surface area contributed by atoms with E-state index in [2.05, 4.69) is 19.6 Å². The molecule has 0 nitrogen and oxygen atoms in total. The number of rotatable bonds is 2. The Morgan fingerprint density at radius 3 is 2.33 bits per heavy atom. The first-order chi connectivity index (χ1) is 2.77. The van der Waals surface area contributed by atoms with Crippen molar-refractivity contribution in [1.82, 2.24) is 0 Å². The molecule has 0 rings (SSSR count). The maximum absolute atomic E-state index is 11.5. The van der Waals surface area contributed by atoms with Crippen LogP contribution in [0.15, 0.2) is 0 Å². The molecule has 0 bridgehead atoms. The lowest BCUT2D eigenvalue weighted by molar-refractivity contribution is 0.435. The van der Waals surface area contributed by atoms with Gasteiger partial charge in [0.15, 0.2) is 0 Å². The number of hydrogen-bond acceptors (Lipinski definition) is 1. The summed E-state index contributed by atoms with van der Waals surface area (Å²) in [4.78, 5) is 0. The van der Waals surface area contributed by atoms with E-state index in [0.717, 1.165) is 0 Å². The summed E-state index contributed by atoms with van der Waals surface area (Å²) in [7, 11) is 0. The lowest BCUT2D eigenvalue weighted by Gasteiger charge is -1.90. The van der Waals surface area contributed by atoms with Crippen molar-refractivity contribution in [3.05, 3.63) is 6.92 Å². The standard InChI is InChI=1S/C4H8FS/c1-2-3-4(5)6/h4,6H,1-3H2. The lowest BCUT2D eigenvalue weighted by Crippen LogP contribution is -1.83. The van der Waals surface area contributed by atoms with Crippen LogP contribution in [0.2, 0.25) is 0 Å². The predicted octanol–water partition coefficient (Wildman–Crippen LogP) is 1.83. The Kier molecular flexibility index (Phi) is 3.63. The van der Waals surface area contributed by atoms with Crippen molar-refractivity contribution in [3.8, 4) is 0 Å². The second-order valence-corrected chi connectivity index (χ2v) is 1.64. The van der Waals surface area contributed by atoms with Crippen molar-refractivity contribution in [2.75, 3.05) is 0 Å². The van der Waals surface area contributed by atoms with Gasteiger partial charge in [0.25, 0.3) is 0 Å². The topological polar surface area (TPSA) is 0 Å². The molecule has 0 aliphatic heterocycles. The highest BCUT2D eigenvalue weighted by Crippen LogP contribution is 2.02. The van der Waals surface area contributed by atoms with E-state index >= 15 is 0 Å². The Labute approximate surface area is 43.2 Å². The second kappa shape index (κ2) is 3.47. The van der Waals surface area contributed by atoms with Crippen molar-refractivity contribution in [1.29, 1.82) is 0 Å². The van der Waals surface area contributed by atoms with E-state index in [-0.39, 0.29) is 0 Å². The molecular weight excluding hydrogens is 99.1 g/mol. The first kappa shape index (κ1) is 6.28. The van der Waals surface area contributed by atoms with Gasteiger partial charge in [0.1, 0.15) is 5.50 Å². The Hall–Kier alpha value is 0.280. The van der Waals surface area contributed by atoms with Crippen LogP contribution in [0.25, 0.3) is 0 Å². The molecule has 0 aromatic carbocycles. The lowest BCUT2D eigenvalue weighted by atomic mass is 10.4. The van der Waals surface area contributed by atoms with Gasteiger partial charge in [0.05, 0.1) is 0 Å². The Balaban J connectivity index is 2.63. The van der Waals surface area contributed by atoms with Gasteiger partial charge in [-0.1, -0.05) is 6.92 Å². The monoisotopic (exact) mass is 107 g/mol. The van der Waals surface area contributed by atoms with Gasteiger partial charge < -0.3 is 0 Å². The summed E-state index contributed by atoms with van der Waals surface area (Å²) >= 11 is 3.47. The van der Waals surface area contributed by atoms with Crippen LogP contribution in [-0.4, -0.2) is 5.50 Å². The zero-order valence-electron chi connectivity index (χ0n) is 3.52. The molecule has 0 heterocycles. The molecule has 6 heavy (non-hydrogen) atoms. The molecule has 0 saturated heterocycles. The van der Waals surface area contributed by atoms with Gasteiger partial charge in [0, 0.05) is 0 Å². The molecule has 0 aromatic rings.